The van der Waals surface area contributed by atoms with E-state index in [2.05, 4.69) is 0 Å². The van der Waals surface area contributed by atoms with Crippen LogP contribution in [-0.2, 0) is 4.74 Å². The number of benzene rings is 2. The summed E-state index contributed by atoms with van der Waals surface area (Å²) >= 11 is 0. The molecular weight excluding hydrogens is 366 g/mol. The summed E-state index contributed by atoms with van der Waals surface area (Å²) in [5.41, 5.74) is 5.35. The minimum atomic E-state index is -0.742. The Morgan fingerprint density at radius 1 is 1.32 bits per heavy atom. The van der Waals surface area contributed by atoms with Gasteiger partial charge in [0, 0.05) is 24.1 Å². The van der Waals surface area contributed by atoms with Gasteiger partial charge in [-0.05, 0) is 43.9 Å². The molecule has 0 fully saturated rings. The number of fused-ring (bicyclic) bond motifs is 3. The van der Waals surface area contributed by atoms with Gasteiger partial charge in [-0.1, -0.05) is 6.07 Å². The van der Waals surface area contributed by atoms with Crippen LogP contribution < -0.4 is 10.6 Å². The fraction of sp³-hybridized carbons (Fsp3) is 0.368. The fourth-order valence-electron chi connectivity index (χ4n) is 3.42. The number of anilines is 1. The van der Waals surface area contributed by atoms with E-state index in [-0.39, 0.29) is 29.8 Å². The number of rotatable bonds is 3. The van der Waals surface area contributed by atoms with E-state index in [1.807, 2.05) is 0 Å². The number of aliphatic hydroxyl groups excluding tert-OH is 1. The first-order valence-corrected chi connectivity index (χ1v) is 8.69. The lowest BCUT2D eigenvalue weighted by molar-refractivity contribution is -0.383. The molecule has 2 aromatic rings. The predicted octanol–water partition coefficient (Wildman–Crippen LogP) is 2.68. The van der Waals surface area contributed by atoms with Gasteiger partial charge in [0.2, 0.25) is 5.91 Å². The molecule has 1 aliphatic rings. The van der Waals surface area contributed by atoms with E-state index in [0.29, 0.717) is 16.6 Å². The van der Waals surface area contributed by atoms with Crippen molar-refractivity contribution in [1.82, 2.24) is 0 Å². The number of aliphatic hydroxyl groups is 1. The van der Waals surface area contributed by atoms with Gasteiger partial charge in [-0.3, -0.25) is 19.8 Å². The topological polar surface area (TPSA) is 136 Å². The first-order valence-electron chi connectivity index (χ1n) is 8.69. The second-order valence-electron chi connectivity index (χ2n) is 7.68. The molecule has 148 valence electrons. The van der Waals surface area contributed by atoms with Gasteiger partial charge in [0.15, 0.2) is 0 Å². The highest BCUT2D eigenvalue weighted by molar-refractivity contribution is 6.06. The summed E-state index contributed by atoms with van der Waals surface area (Å²) < 4.78 is 5.41. The Kier molecular flexibility index (Phi) is 4.72. The van der Waals surface area contributed by atoms with Crippen LogP contribution in [0.5, 0.6) is 0 Å². The molecule has 28 heavy (non-hydrogen) atoms. The van der Waals surface area contributed by atoms with Crippen LogP contribution in [0, 0.1) is 10.1 Å². The van der Waals surface area contributed by atoms with Crippen LogP contribution >= 0.6 is 0 Å². The molecule has 0 bridgehead atoms. The zero-order valence-electron chi connectivity index (χ0n) is 15.8. The number of non-ortho nitro benzene ring substituents is 1. The molecular formula is C19H21N3O6. The number of hydrogen-bond acceptors (Lipinski definition) is 6. The van der Waals surface area contributed by atoms with Crippen molar-refractivity contribution < 1.29 is 24.4 Å². The molecule has 0 aromatic heterocycles. The molecule has 1 atom stereocenters. The summed E-state index contributed by atoms with van der Waals surface area (Å²) in [6.45, 7) is 5.05. The quantitative estimate of drug-likeness (QED) is 0.614. The van der Waals surface area contributed by atoms with Crippen molar-refractivity contribution in [3.63, 3.8) is 0 Å². The molecule has 1 aliphatic heterocycles. The van der Waals surface area contributed by atoms with Crippen molar-refractivity contribution in [2.24, 2.45) is 5.73 Å². The summed E-state index contributed by atoms with van der Waals surface area (Å²) in [5.74, 6) is -1.14. The zero-order valence-corrected chi connectivity index (χ0v) is 15.8. The maximum atomic E-state index is 12.6. The smallest absolute Gasteiger partial charge is 0.414 e. The molecule has 1 unspecified atom stereocenters. The molecule has 0 aliphatic carbocycles. The van der Waals surface area contributed by atoms with E-state index in [4.69, 9.17) is 10.5 Å². The van der Waals surface area contributed by atoms with Gasteiger partial charge < -0.3 is 15.6 Å². The number of nitro groups is 1. The minimum Gasteiger partial charge on any atom is -0.443 e. The standard InChI is InChI=1S/C19H21N3O6/c1-19(2,3)28-18(25)21-8-11(9-23)16-12-5-4-10(17(20)24)6-13(12)14(22(26)27)7-15(16)21/h4-7,11,23H,8-9H2,1-3H3,(H2,20,24). The molecule has 3 N–H and O–H groups in total. The molecule has 0 spiro atoms. The van der Waals surface area contributed by atoms with Crippen molar-refractivity contribution in [3.05, 3.63) is 45.5 Å². The van der Waals surface area contributed by atoms with Crippen molar-refractivity contribution in [2.45, 2.75) is 32.3 Å². The Labute approximate surface area is 160 Å². The Balaban J connectivity index is 2.26. The molecule has 0 saturated heterocycles. The third kappa shape index (κ3) is 3.36. The summed E-state index contributed by atoms with van der Waals surface area (Å²) in [6, 6.07) is 5.67. The van der Waals surface area contributed by atoms with Gasteiger partial charge in [-0.25, -0.2) is 4.79 Å². The molecule has 3 rings (SSSR count). The second-order valence-corrected chi connectivity index (χ2v) is 7.68. The van der Waals surface area contributed by atoms with Crippen molar-refractivity contribution in [3.8, 4) is 0 Å². The number of nitro benzene ring substituents is 1. The fourth-order valence-corrected chi connectivity index (χ4v) is 3.42. The average molecular weight is 387 g/mol. The normalized spacial score (nSPS) is 16.1. The molecule has 9 heteroatoms. The Morgan fingerprint density at radius 3 is 2.54 bits per heavy atom. The number of nitrogens with zero attached hydrogens (tertiary/aromatic N) is 2. The zero-order chi connectivity index (χ0) is 20.8. The number of ether oxygens (including phenoxy) is 1. The first kappa shape index (κ1) is 19.6. The average Bonchev–Trinajstić information content (AvgIpc) is 2.97. The molecule has 9 nitrogen and oxygen atoms in total. The van der Waals surface area contributed by atoms with E-state index in [1.165, 1.54) is 23.1 Å². The SMILES string of the molecule is CC(C)(C)OC(=O)N1CC(CO)c2c1cc([N+](=O)[O-])c1cc(C(N)=O)ccc21. The van der Waals surface area contributed by atoms with Gasteiger partial charge in [-0.2, -0.15) is 0 Å². The number of hydrogen-bond donors (Lipinski definition) is 2. The van der Waals surface area contributed by atoms with Gasteiger partial charge in [0.05, 0.1) is 22.6 Å². The lowest BCUT2D eigenvalue weighted by atomic mass is 9.93. The van der Waals surface area contributed by atoms with Crippen LogP contribution in [0.4, 0.5) is 16.2 Å². The third-order valence-electron chi connectivity index (χ3n) is 4.55. The molecule has 0 saturated carbocycles. The monoisotopic (exact) mass is 387 g/mol. The summed E-state index contributed by atoms with van der Waals surface area (Å²) in [6.07, 6.45) is -0.646. The largest absolute Gasteiger partial charge is 0.443 e. The van der Waals surface area contributed by atoms with E-state index < -0.39 is 28.4 Å². The molecule has 2 amide bonds. The third-order valence-corrected chi connectivity index (χ3v) is 4.55. The van der Waals surface area contributed by atoms with E-state index in [0.717, 1.165) is 0 Å². The van der Waals surface area contributed by atoms with Gasteiger partial charge in [-0.15, -0.1) is 0 Å². The van der Waals surface area contributed by atoms with Gasteiger partial charge >= 0.3 is 6.09 Å². The number of primary amides is 1. The summed E-state index contributed by atoms with van der Waals surface area (Å²) in [4.78, 5) is 36.5. The number of nitrogens with two attached hydrogens (primary N) is 1. The lowest BCUT2D eigenvalue weighted by Crippen LogP contribution is -2.36. The highest BCUT2D eigenvalue weighted by Crippen LogP contribution is 2.45. The van der Waals surface area contributed by atoms with Crippen LogP contribution in [0.1, 0.15) is 42.6 Å². The van der Waals surface area contributed by atoms with Crippen LogP contribution in [-0.4, -0.2) is 40.8 Å². The molecule has 1 heterocycles. The minimum absolute atomic E-state index is 0.134. The van der Waals surface area contributed by atoms with Crippen molar-refractivity contribution in [1.29, 1.82) is 0 Å². The lowest BCUT2D eigenvalue weighted by Gasteiger charge is -2.25. The Morgan fingerprint density at radius 2 is 2.00 bits per heavy atom. The Hall–Kier alpha value is -3.20. The van der Waals surface area contributed by atoms with Crippen molar-refractivity contribution in [2.75, 3.05) is 18.1 Å². The van der Waals surface area contributed by atoms with Crippen LogP contribution in [0.25, 0.3) is 10.8 Å². The highest BCUT2D eigenvalue weighted by Gasteiger charge is 2.38. The first-order chi connectivity index (χ1) is 13.0. The van der Waals surface area contributed by atoms with E-state index in [9.17, 15) is 24.8 Å². The van der Waals surface area contributed by atoms with Gasteiger partial charge in [0.1, 0.15) is 5.60 Å². The maximum Gasteiger partial charge on any atom is 0.414 e. The van der Waals surface area contributed by atoms with Crippen molar-refractivity contribution >= 4 is 34.1 Å². The number of carbonyl (C=O) groups excluding carboxylic acids is 2. The Bertz CT molecular complexity index is 995. The summed E-state index contributed by atoms with van der Waals surface area (Å²) in [7, 11) is 0. The molecule has 0 radical (unpaired) electrons. The number of amides is 2. The summed E-state index contributed by atoms with van der Waals surface area (Å²) in [5, 5.41) is 22.2. The molecule has 2 aromatic carbocycles. The predicted molar refractivity (Wildman–Crippen MR) is 103 cm³/mol. The van der Waals surface area contributed by atoms with Gasteiger partial charge in [0.25, 0.3) is 5.69 Å². The number of carbonyl (C=O) groups is 2. The van der Waals surface area contributed by atoms with Crippen LogP contribution in [0.15, 0.2) is 24.3 Å². The highest BCUT2D eigenvalue weighted by atomic mass is 16.6. The second kappa shape index (κ2) is 6.75. The van der Waals surface area contributed by atoms with Crippen LogP contribution in [0.2, 0.25) is 0 Å². The van der Waals surface area contributed by atoms with E-state index >= 15 is 0 Å². The van der Waals surface area contributed by atoms with Crippen LogP contribution in [0.3, 0.4) is 0 Å². The van der Waals surface area contributed by atoms with E-state index in [1.54, 1.807) is 26.8 Å². The maximum absolute atomic E-state index is 12.6.